The maximum atomic E-state index is 12.7. The lowest BCUT2D eigenvalue weighted by Gasteiger charge is -2.29. The third-order valence-electron chi connectivity index (χ3n) is 4.48. The highest BCUT2D eigenvalue weighted by Gasteiger charge is 2.47. The molecule has 1 N–H and O–H groups in total. The van der Waals surface area contributed by atoms with Gasteiger partial charge in [-0.1, -0.05) is 6.92 Å². The molecular formula is C14H20N2O4S. The first kappa shape index (κ1) is 14.7. The fourth-order valence-electron chi connectivity index (χ4n) is 3.21. The van der Waals surface area contributed by atoms with Gasteiger partial charge >= 0.3 is 5.97 Å². The van der Waals surface area contributed by atoms with E-state index in [-0.39, 0.29) is 29.5 Å². The van der Waals surface area contributed by atoms with E-state index in [2.05, 4.69) is 0 Å². The maximum absolute atomic E-state index is 12.7. The molecule has 3 unspecified atom stereocenters. The number of carboxylic acid groups (broad SMARTS) is 1. The van der Waals surface area contributed by atoms with Gasteiger partial charge in [0, 0.05) is 24.8 Å². The van der Waals surface area contributed by atoms with E-state index in [1.54, 1.807) is 0 Å². The molecule has 0 aromatic heterocycles. The highest BCUT2D eigenvalue weighted by atomic mass is 32.2. The molecule has 2 saturated heterocycles. The van der Waals surface area contributed by atoms with Crippen LogP contribution < -0.4 is 0 Å². The number of rotatable bonds is 4. The van der Waals surface area contributed by atoms with Crippen molar-refractivity contribution in [1.82, 2.24) is 9.80 Å². The summed E-state index contributed by atoms with van der Waals surface area (Å²) in [5.41, 5.74) is 0. The van der Waals surface area contributed by atoms with Crippen LogP contribution in [-0.4, -0.2) is 62.4 Å². The van der Waals surface area contributed by atoms with Crippen LogP contribution in [0.4, 0.5) is 0 Å². The molecule has 3 aliphatic rings. The fraction of sp³-hybridized carbons (Fsp3) is 0.786. The van der Waals surface area contributed by atoms with E-state index in [0.717, 1.165) is 19.3 Å². The van der Waals surface area contributed by atoms with Gasteiger partial charge in [-0.3, -0.25) is 9.59 Å². The lowest BCUT2D eigenvalue weighted by atomic mass is 10.1. The SMILES string of the molecule is CCC1SCC(C(=O)O)N1C(=O)C1CC(=O)N(C2CC2)C1. The van der Waals surface area contributed by atoms with Crippen molar-refractivity contribution in [2.45, 2.75) is 50.1 Å². The third-order valence-corrected chi connectivity index (χ3v) is 5.93. The minimum atomic E-state index is -0.949. The molecule has 21 heavy (non-hydrogen) atoms. The molecule has 116 valence electrons. The van der Waals surface area contributed by atoms with Gasteiger partial charge in [-0.05, 0) is 19.3 Å². The predicted octanol–water partition coefficient (Wildman–Crippen LogP) is 0.762. The van der Waals surface area contributed by atoms with Gasteiger partial charge in [0.05, 0.1) is 11.3 Å². The quantitative estimate of drug-likeness (QED) is 0.829. The molecule has 0 aromatic carbocycles. The molecule has 6 nitrogen and oxygen atoms in total. The molecule has 7 heteroatoms. The molecule has 2 heterocycles. The van der Waals surface area contributed by atoms with Crippen LogP contribution in [0.3, 0.4) is 0 Å². The second-order valence-corrected chi connectivity index (χ2v) is 7.18. The van der Waals surface area contributed by atoms with E-state index >= 15 is 0 Å². The number of nitrogens with zero attached hydrogens (tertiary/aromatic N) is 2. The molecule has 1 aliphatic carbocycles. The first-order chi connectivity index (χ1) is 10.0. The van der Waals surface area contributed by atoms with Crippen LogP contribution in [0.5, 0.6) is 0 Å². The maximum Gasteiger partial charge on any atom is 0.327 e. The zero-order chi connectivity index (χ0) is 15.1. The minimum Gasteiger partial charge on any atom is -0.480 e. The number of thioether (sulfide) groups is 1. The molecule has 0 aromatic rings. The lowest BCUT2D eigenvalue weighted by Crippen LogP contribution is -2.48. The highest BCUT2D eigenvalue weighted by Crippen LogP contribution is 2.37. The van der Waals surface area contributed by atoms with Crippen molar-refractivity contribution < 1.29 is 19.5 Å². The Labute approximate surface area is 127 Å². The Kier molecular flexibility index (Phi) is 3.86. The van der Waals surface area contributed by atoms with Crippen LogP contribution in [-0.2, 0) is 14.4 Å². The first-order valence-electron chi connectivity index (χ1n) is 7.49. The third kappa shape index (κ3) is 2.63. The highest BCUT2D eigenvalue weighted by molar-refractivity contribution is 8.00. The summed E-state index contributed by atoms with van der Waals surface area (Å²) < 4.78 is 0. The molecule has 0 radical (unpaired) electrons. The summed E-state index contributed by atoms with van der Waals surface area (Å²) in [6.07, 6.45) is 3.02. The normalized spacial score (nSPS) is 32.8. The van der Waals surface area contributed by atoms with Crippen LogP contribution in [0.2, 0.25) is 0 Å². The molecule has 0 spiro atoms. The molecule has 2 aliphatic heterocycles. The van der Waals surface area contributed by atoms with Gasteiger partial charge in [-0.2, -0.15) is 0 Å². The van der Waals surface area contributed by atoms with Crippen LogP contribution >= 0.6 is 11.8 Å². The summed E-state index contributed by atoms with van der Waals surface area (Å²) in [7, 11) is 0. The number of carbonyl (C=O) groups excluding carboxylic acids is 2. The number of carboxylic acids is 1. The number of hydrogen-bond donors (Lipinski definition) is 1. The van der Waals surface area contributed by atoms with Crippen LogP contribution in [0, 0.1) is 5.92 Å². The lowest BCUT2D eigenvalue weighted by molar-refractivity contribution is -0.150. The van der Waals surface area contributed by atoms with Gasteiger partial charge in [0.25, 0.3) is 0 Å². The van der Waals surface area contributed by atoms with Crippen molar-refractivity contribution in [2.75, 3.05) is 12.3 Å². The van der Waals surface area contributed by atoms with E-state index in [1.807, 2.05) is 11.8 Å². The van der Waals surface area contributed by atoms with Gasteiger partial charge in [0.15, 0.2) is 0 Å². The van der Waals surface area contributed by atoms with Gasteiger partial charge in [0.2, 0.25) is 11.8 Å². The van der Waals surface area contributed by atoms with E-state index in [1.165, 1.54) is 16.7 Å². The molecule has 3 rings (SSSR count). The van der Waals surface area contributed by atoms with E-state index in [0.29, 0.717) is 18.3 Å². The summed E-state index contributed by atoms with van der Waals surface area (Å²) in [4.78, 5) is 39.4. The molecule has 3 fully saturated rings. The van der Waals surface area contributed by atoms with Crippen molar-refractivity contribution in [2.24, 2.45) is 5.92 Å². The Morgan fingerprint density at radius 3 is 2.67 bits per heavy atom. The van der Waals surface area contributed by atoms with Gasteiger partial charge < -0.3 is 14.9 Å². The second-order valence-electron chi connectivity index (χ2n) is 5.97. The molecule has 0 bridgehead atoms. The zero-order valence-corrected chi connectivity index (χ0v) is 12.8. The van der Waals surface area contributed by atoms with Crippen molar-refractivity contribution in [3.8, 4) is 0 Å². The van der Waals surface area contributed by atoms with E-state index in [9.17, 15) is 19.5 Å². The number of likely N-dealkylation sites (tertiary alicyclic amines) is 1. The van der Waals surface area contributed by atoms with Crippen molar-refractivity contribution in [3.05, 3.63) is 0 Å². The first-order valence-corrected chi connectivity index (χ1v) is 8.53. The fourth-order valence-corrected chi connectivity index (χ4v) is 4.57. The van der Waals surface area contributed by atoms with Crippen LogP contribution in [0.15, 0.2) is 0 Å². The van der Waals surface area contributed by atoms with Gasteiger partial charge in [-0.15, -0.1) is 11.8 Å². The summed E-state index contributed by atoms with van der Waals surface area (Å²) in [5, 5.41) is 9.23. The monoisotopic (exact) mass is 312 g/mol. The summed E-state index contributed by atoms with van der Waals surface area (Å²) in [5.74, 6) is -0.992. The largest absolute Gasteiger partial charge is 0.480 e. The molecule has 2 amide bonds. The Morgan fingerprint density at radius 2 is 2.10 bits per heavy atom. The smallest absolute Gasteiger partial charge is 0.327 e. The Balaban J connectivity index is 1.73. The van der Waals surface area contributed by atoms with Gasteiger partial charge in [-0.25, -0.2) is 4.79 Å². The molecule has 3 atom stereocenters. The topological polar surface area (TPSA) is 77.9 Å². The number of amides is 2. The van der Waals surface area contributed by atoms with Crippen molar-refractivity contribution in [3.63, 3.8) is 0 Å². The minimum absolute atomic E-state index is 0.0441. The second kappa shape index (κ2) is 5.51. The summed E-state index contributed by atoms with van der Waals surface area (Å²) >= 11 is 1.52. The van der Waals surface area contributed by atoms with E-state index in [4.69, 9.17) is 0 Å². The zero-order valence-electron chi connectivity index (χ0n) is 12.0. The Morgan fingerprint density at radius 1 is 1.38 bits per heavy atom. The van der Waals surface area contributed by atoms with E-state index < -0.39 is 12.0 Å². The number of hydrogen-bond acceptors (Lipinski definition) is 4. The van der Waals surface area contributed by atoms with Crippen molar-refractivity contribution >= 4 is 29.5 Å². The standard InChI is InChI=1S/C14H20N2O4S/c1-2-12-16(10(7-21-12)14(19)20)13(18)8-5-11(17)15(6-8)9-3-4-9/h8-10,12H,2-7H2,1H3,(H,19,20). The Bertz CT molecular complexity index is 480. The van der Waals surface area contributed by atoms with Crippen LogP contribution in [0.25, 0.3) is 0 Å². The predicted molar refractivity (Wildman–Crippen MR) is 77.6 cm³/mol. The number of aliphatic carboxylic acids is 1. The Hall–Kier alpha value is -1.24. The average molecular weight is 312 g/mol. The molecular weight excluding hydrogens is 292 g/mol. The van der Waals surface area contributed by atoms with Crippen molar-refractivity contribution in [1.29, 1.82) is 0 Å². The summed E-state index contributed by atoms with van der Waals surface area (Å²) in [6, 6.07) is -0.432. The average Bonchev–Trinajstić information content (AvgIpc) is 3.07. The summed E-state index contributed by atoms with van der Waals surface area (Å²) in [6.45, 7) is 2.42. The van der Waals surface area contributed by atoms with Gasteiger partial charge in [0.1, 0.15) is 6.04 Å². The van der Waals surface area contributed by atoms with Crippen LogP contribution in [0.1, 0.15) is 32.6 Å². The molecule has 1 saturated carbocycles. The number of carbonyl (C=O) groups is 3.